The number of hydrogen-bond donors (Lipinski definition) is 1. The molecule has 0 aliphatic carbocycles. The molecule has 0 amide bonds. The Hall–Kier alpha value is -1.42. The summed E-state index contributed by atoms with van der Waals surface area (Å²) in [6.45, 7) is 9.37. The van der Waals surface area contributed by atoms with E-state index in [2.05, 4.69) is 27.0 Å². The van der Waals surface area contributed by atoms with Gasteiger partial charge in [0.1, 0.15) is 6.07 Å². The topological polar surface area (TPSA) is 78.2 Å². The third kappa shape index (κ3) is 12.9. The van der Waals surface area contributed by atoms with Crippen molar-refractivity contribution in [3.8, 4) is 6.07 Å². The van der Waals surface area contributed by atoms with E-state index in [1.165, 1.54) is 76.6 Å². The third-order valence-corrected chi connectivity index (χ3v) is 5.74. The Morgan fingerprint density at radius 1 is 0.929 bits per heavy atom. The first-order chi connectivity index (χ1) is 13.2. The standard InChI is InChI=1S/C15H31N2.C7H8O3S/c1-4-6-8-10-13-17(3,15-12-16)14-11-9-7-5-2;1-6-2-4-7(5-3-6)11(8,9)10/h4-11,13-15H2,1-3H3;2-5H,1H3,(H,8,9,10)/q+1;. The van der Waals surface area contributed by atoms with Crippen molar-refractivity contribution < 1.29 is 17.5 Å². The Morgan fingerprint density at radius 2 is 1.39 bits per heavy atom. The van der Waals surface area contributed by atoms with Crippen LogP contribution in [0.3, 0.4) is 0 Å². The summed E-state index contributed by atoms with van der Waals surface area (Å²) >= 11 is 0. The van der Waals surface area contributed by atoms with Crippen molar-refractivity contribution in [2.45, 2.75) is 77.0 Å². The molecule has 0 aromatic heterocycles. The molecule has 1 rings (SSSR count). The molecule has 5 nitrogen and oxygen atoms in total. The zero-order valence-corrected chi connectivity index (χ0v) is 19.0. The van der Waals surface area contributed by atoms with E-state index >= 15 is 0 Å². The average molecular weight is 412 g/mol. The summed E-state index contributed by atoms with van der Waals surface area (Å²) < 4.78 is 30.5. The minimum absolute atomic E-state index is 0.0666. The van der Waals surface area contributed by atoms with Crippen LogP contribution in [0.4, 0.5) is 0 Å². The number of hydrogen-bond acceptors (Lipinski definition) is 3. The summed E-state index contributed by atoms with van der Waals surface area (Å²) in [6, 6.07) is 8.35. The zero-order valence-electron chi connectivity index (χ0n) is 18.2. The van der Waals surface area contributed by atoms with Gasteiger partial charge in [-0.3, -0.25) is 4.55 Å². The highest BCUT2D eigenvalue weighted by molar-refractivity contribution is 7.85. The lowest BCUT2D eigenvalue weighted by atomic mass is 10.1. The van der Waals surface area contributed by atoms with Crippen LogP contribution in [0.5, 0.6) is 0 Å². The van der Waals surface area contributed by atoms with Gasteiger partial charge in [0.2, 0.25) is 0 Å². The van der Waals surface area contributed by atoms with E-state index in [-0.39, 0.29) is 4.90 Å². The smallest absolute Gasteiger partial charge is 0.294 e. The molecule has 0 aliphatic heterocycles. The molecule has 0 unspecified atom stereocenters. The lowest BCUT2D eigenvalue weighted by Gasteiger charge is -2.32. The highest BCUT2D eigenvalue weighted by Gasteiger charge is 2.19. The summed E-state index contributed by atoms with van der Waals surface area (Å²) in [4.78, 5) is -0.0666. The van der Waals surface area contributed by atoms with E-state index < -0.39 is 10.1 Å². The maximum absolute atomic E-state index is 10.5. The Balaban J connectivity index is 0.000000567. The maximum Gasteiger partial charge on any atom is 0.294 e. The molecular formula is C22H39N2O3S+. The van der Waals surface area contributed by atoms with Crippen LogP contribution in [0.2, 0.25) is 0 Å². The number of nitrogens with zero attached hydrogens (tertiary/aromatic N) is 2. The van der Waals surface area contributed by atoms with Gasteiger partial charge in [-0.15, -0.1) is 0 Å². The molecular weight excluding hydrogens is 372 g/mol. The minimum atomic E-state index is -4.02. The molecule has 28 heavy (non-hydrogen) atoms. The van der Waals surface area contributed by atoms with Crippen LogP contribution < -0.4 is 0 Å². The van der Waals surface area contributed by atoms with Gasteiger partial charge < -0.3 is 4.48 Å². The number of quaternary nitrogens is 1. The molecule has 0 atom stereocenters. The Morgan fingerprint density at radius 3 is 1.75 bits per heavy atom. The van der Waals surface area contributed by atoms with Crippen LogP contribution >= 0.6 is 0 Å². The van der Waals surface area contributed by atoms with Crippen LogP contribution in [0.1, 0.15) is 70.8 Å². The number of unbranched alkanes of at least 4 members (excludes halogenated alkanes) is 6. The van der Waals surface area contributed by atoms with Crippen molar-refractivity contribution in [3.63, 3.8) is 0 Å². The predicted molar refractivity (Wildman–Crippen MR) is 116 cm³/mol. The number of rotatable bonds is 12. The fourth-order valence-corrected chi connectivity index (χ4v) is 3.47. The largest absolute Gasteiger partial charge is 0.314 e. The van der Waals surface area contributed by atoms with Crippen LogP contribution in [0.25, 0.3) is 0 Å². The Bertz CT molecular complexity index is 652. The van der Waals surface area contributed by atoms with Gasteiger partial charge in [-0.05, 0) is 44.7 Å². The SMILES string of the molecule is CCCCCC[N+](C)(CC#N)CCCCCC.Cc1ccc(S(=O)(=O)O)cc1. The molecule has 6 heteroatoms. The van der Waals surface area contributed by atoms with E-state index in [0.29, 0.717) is 6.54 Å². The van der Waals surface area contributed by atoms with Gasteiger partial charge in [-0.1, -0.05) is 57.2 Å². The van der Waals surface area contributed by atoms with Crippen molar-refractivity contribution >= 4 is 10.1 Å². The van der Waals surface area contributed by atoms with E-state index in [0.717, 1.165) is 10.0 Å². The first-order valence-corrected chi connectivity index (χ1v) is 11.9. The predicted octanol–water partition coefficient (Wildman–Crippen LogP) is 5.36. The molecule has 0 saturated heterocycles. The van der Waals surface area contributed by atoms with Gasteiger partial charge >= 0.3 is 0 Å². The summed E-state index contributed by atoms with van der Waals surface area (Å²) in [5, 5.41) is 8.94. The highest BCUT2D eigenvalue weighted by atomic mass is 32.2. The van der Waals surface area contributed by atoms with Crippen LogP contribution in [0, 0.1) is 18.3 Å². The van der Waals surface area contributed by atoms with Gasteiger partial charge in [0.05, 0.1) is 25.0 Å². The molecule has 1 N–H and O–H groups in total. The number of nitriles is 1. The second-order valence-electron chi connectivity index (χ2n) is 7.79. The molecule has 0 bridgehead atoms. The van der Waals surface area contributed by atoms with E-state index in [1.807, 2.05) is 6.92 Å². The van der Waals surface area contributed by atoms with Crippen LogP contribution in [0.15, 0.2) is 29.2 Å². The monoisotopic (exact) mass is 411 g/mol. The average Bonchev–Trinajstić information content (AvgIpc) is 2.63. The molecule has 1 aromatic rings. The molecule has 0 fully saturated rings. The van der Waals surface area contributed by atoms with E-state index in [1.54, 1.807) is 12.1 Å². The fourth-order valence-electron chi connectivity index (χ4n) is 2.99. The van der Waals surface area contributed by atoms with Gasteiger partial charge in [0.25, 0.3) is 10.1 Å². The van der Waals surface area contributed by atoms with Gasteiger partial charge in [0.15, 0.2) is 6.54 Å². The summed E-state index contributed by atoms with van der Waals surface area (Å²) in [7, 11) is -1.77. The van der Waals surface area contributed by atoms with Crippen LogP contribution in [-0.4, -0.2) is 44.1 Å². The molecule has 0 radical (unpaired) electrons. The van der Waals surface area contributed by atoms with Crippen molar-refractivity contribution in [1.82, 2.24) is 0 Å². The van der Waals surface area contributed by atoms with Gasteiger partial charge in [0, 0.05) is 0 Å². The number of aryl methyl sites for hydroxylation is 1. The molecule has 1 aromatic carbocycles. The normalized spacial score (nSPS) is 11.4. The third-order valence-electron chi connectivity index (χ3n) is 4.87. The van der Waals surface area contributed by atoms with Crippen molar-refractivity contribution in [2.75, 3.05) is 26.7 Å². The highest BCUT2D eigenvalue weighted by Crippen LogP contribution is 2.11. The molecule has 0 heterocycles. The lowest BCUT2D eigenvalue weighted by molar-refractivity contribution is -0.903. The van der Waals surface area contributed by atoms with Crippen molar-refractivity contribution in [3.05, 3.63) is 29.8 Å². The summed E-state index contributed by atoms with van der Waals surface area (Å²) in [5.41, 5.74) is 0.956. The quantitative estimate of drug-likeness (QED) is 0.217. The zero-order chi connectivity index (χ0) is 21.5. The molecule has 160 valence electrons. The molecule has 0 saturated carbocycles. The van der Waals surface area contributed by atoms with Crippen molar-refractivity contribution in [2.24, 2.45) is 0 Å². The fraction of sp³-hybridized carbons (Fsp3) is 0.682. The second kappa shape index (κ2) is 14.6. The Labute approximate surface area is 172 Å². The van der Waals surface area contributed by atoms with Gasteiger partial charge in [-0.2, -0.15) is 13.7 Å². The minimum Gasteiger partial charge on any atom is -0.314 e. The lowest BCUT2D eigenvalue weighted by Crippen LogP contribution is -2.45. The number of benzene rings is 1. The first kappa shape index (κ1) is 26.6. The van der Waals surface area contributed by atoms with Gasteiger partial charge in [-0.25, -0.2) is 0 Å². The maximum atomic E-state index is 10.5. The summed E-state index contributed by atoms with van der Waals surface area (Å²) in [5.74, 6) is 0. The van der Waals surface area contributed by atoms with E-state index in [4.69, 9.17) is 9.81 Å². The van der Waals surface area contributed by atoms with Crippen LogP contribution in [-0.2, 0) is 10.1 Å². The Kier molecular flexibility index (Phi) is 13.8. The summed E-state index contributed by atoms with van der Waals surface area (Å²) in [6.07, 6.45) is 10.5. The first-order valence-electron chi connectivity index (χ1n) is 10.4. The van der Waals surface area contributed by atoms with Crippen molar-refractivity contribution in [1.29, 1.82) is 5.26 Å². The molecule has 0 spiro atoms. The second-order valence-corrected chi connectivity index (χ2v) is 9.21. The van der Waals surface area contributed by atoms with E-state index in [9.17, 15) is 8.42 Å². The molecule has 0 aliphatic rings.